The van der Waals surface area contributed by atoms with E-state index in [0.29, 0.717) is 5.54 Å². The van der Waals surface area contributed by atoms with Crippen molar-refractivity contribution >= 4 is 16.9 Å². The van der Waals surface area contributed by atoms with Gasteiger partial charge in [-0.1, -0.05) is 30.3 Å². The zero-order chi connectivity index (χ0) is 19.7. The van der Waals surface area contributed by atoms with Gasteiger partial charge in [0, 0.05) is 30.7 Å². The van der Waals surface area contributed by atoms with Gasteiger partial charge >= 0.3 is 0 Å². The van der Waals surface area contributed by atoms with E-state index >= 15 is 0 Å². The molecule has 5 nitrogen and oxygen atoms in total. The predicted molar refractivity (Wildman–Crippen MR) is 116 cm³/mol. The number of likely N-dealkylation sites (tertiary alicyclic amines) is 1. The average molecular weight is 389 g/mol. The third-order valence-corrected chi connectivity index (χ3v) is 6.75. The van der Waals surface area contributed by atoms with Crippen molar-refractivity contribution in [2.75, 3.05) is 31.6 Å². The summed E-state index contributed by atoms with van der Waals surface area (Å²) in [6, 6.07) is 16.5. The number of para-hydroxylation sites is 3. The lowest BCUT2D eigenvalue weighted by Crippen LogP contribution is -2.52. The molecular weight excluding hydrogens is 360 g/mol. The highest BCUT2D eigenvalue weighted by Gasteiger charge is 2.43. The van der Waals surface area contributed by atoms with Gasteiger partial charge < -0.3 is 9.64 Å². The van der Waals surface area contributed by atoms with Gasteiger partial charge in [-0.3, -0.25) is 9.88 Å². The molecule has 3 aromatic rings. The van der Waals surface area contributed by atoms with Crippen molar-refractivity contribution in [2.45, 2.75) is 37.8 Å². The highest BCUT2D eigenvalue weighted by Crippen LogP contribution is 2.40. The van der Waals surface area contributed by atoms with Crippen molar-refractivity contribution in [1.29, 1.82) is 0 Å². The molecule has 150 valence electrons. The summed E-state index contributed by atoms with van der Waals surface area (Å²) in [4.78, 5) is 14.6. The van der Waals surface area contributed by atoms with Gasteiger partial charge in [0.05, 0.1) is 24.3 Å². The summed E-state index contributed by atoms with van der Waals surface area (Å²) in [5, 5.41) is 0. The van der Waals surface area contributed by atoms with Crippen molar-refractivity contribution in [3.63, 3.8) is 0 Å². The van der Waals surface area contributed by atoms with Crippen LogP contribution in [0.3, 0.4) is 0 Å². The number of anilines is 1. The van der Waals surface area contributed by atoms with Crippen molar-refractivity contribution in [3.05, 3.63) is 60.3 Å². The molecule has 1 aromatic heterocycles. The number of aromatic nitrogens is 2. The van der Waals surface area contributed by atoms with E-state index in [2.05, 4.69) is 33.0 Å². The first kappa shape index (κ1) is 18.4. The highest BCUT2D eigenvalue weighted by atomic mass is 16.5. The first-order chi connectivity index (χ1) is 14.3. The molecule has 29 heavy (non-hydrogen) atoms. The minimum Gasteiger partial charge on any atom is -0.496 e. The Morgan fingerprint density at radius 3 is 2.52 bits per heavy atom. The van der Waals surface area contributed by atoms with Crippen molar-refractivity contribution in [1.82, 2.24) is 14.9 Å². The minimum absolute atomic E-state index is 0.307. The van der Waals surface area contributed by atoms with Crippen molar-refractivity contribution in [2.24, 2.45) is 0 Å². The minimum atomic E-state index is 0.307. The van der Waals surface area contributed by atoms with E-state index in [1.807, 2.05) is 36.5 Å². The zero-order valence-electron chi connectivity index (χ0n) is 17.1. The molecule has 0 N–H and O–H groups in total. The molecular formula is C24H28N4O. The van der Waals surface area contributed by atoms with Crippen LogP contribution in [0.5, 0.6) is 5.75 Å². The lowest BCUT2D eigenvalue weighted by atomic mass is 9.84. The van der Waals surface area contributed by atoms with E-state index < -0.39 is 0 Å². The molecule has 2 aliphatic heterocycles. The number of fused-ring (bicyclic) bond motifs is 1. The number of rotatable bonds is 4. The fourth-order valence-corrected chi connectivity index (χ4v) is 5.10. The molecule has 1 spiro atoms. The summed E-state index contributed by atoms with van der Waals surface area (Å²) in [6.45, 7) is 4.22. The Kier molecular flexibility index (Phi) is 4.84. The first-order valence-electron chi connectivity index (χ1n) is 10.6. The average Bonchev–Trinajstić information content (AvgIpc) is 3.15. The molecule has 3 heterocycles. The molecule has 5 heteroatoms. The molecule has 0 aliphatic carbocycles. The van der Waals surface area contributed by atoms with Gasteiger partial charge in [0.25, 0.3) is 0 Å². The maximum Gasteiger partial charge on any atom is 0.147 e. The molecule has 0 atom stereocenters. The van der Waals surface area contributed by atoms with Gasteiger partial charge in [-0.15, -0.1) is 0 Å². The Morgan fingerprint density at radius 2 is 1.69 bits per heavy atom. The third-order valence-electron chi connectivity index (χ3n) is 6.75. The molecule has 2 aromatic carbocycles. The zero-order valence-corrected chi connectivity index (χ0v) is 17.1. The highest BCUT2D eigenvalue weighted by molar-refractivity contribution is 5.75. The monoisotopic (exact) mass is 388 g/mol. The standard InChI is InChI=1S/C24H28N4O/c1-29-22-10-5-2-7-19(22)18-28-14-6-11-24(28)12-15-27(16-13-24)23-17-25-20-8-3-4-9-21(20)26-23/h2-5,7-10,17H,6,11-16,18H2,1H3. The van der Waals surface area contributed by atoms with Gasteiger partial charge in [-0.2, -0.15) is 0 Å². The molecule has 0 amide bonds. The maximum absolute atomic E-state index is 5.59. The maximum atomic E-state index is 5.59. The Labute approximate surface area is 172 Å². The summed E-state index contributed by atoms with van der Waals surface area (Å²) in [5.41, 5.74) is 3.54. The molecule has 2 fully saturated rings. The molecule has 0 radical (unpaired) electrons. The lowest BCUT2D eigenvalue weighted by molar-refractivity contribution is 0.0987. The topological polar surface area (TPSA) is 41.5 Å². The summed E-state index contributed by atoms with van der Waals surface area (Å²) in [6.07, 6.45) is 6.86. The summed E-state index contributed by atoms with van der Waals surface area (Å²) >= 11 is 0. The Balaban J connectivity index is 1.31. The predicted octanol–water partition coefficient (Wildman–Crippen LogP) is 4.27. The third kappa shape index (κ3) is 3.44. The number of methoxy groups -OCH3 is 1. The second kappa shape index (κ2) is 7.64. The fourth-order valence-electron chi connectivity index (χ4n) is 5.10. The van der Waals surface area contributed by atoms with Crippen LogP contribution in [0.1, 0.15) is 31.2 Å². The number of ether oxygens (including phenoxy) is 1. The first-order valence-corrected chi connectivity index (χ1v) is 10.6. The number of benzene rings is 2. The molecule has 0 saturated carbocycles. The number of piperidine rings is 1. The summed E-state index contributed by atoms with van der Waals surface area (Å²) in [5.74, 6) is 2.01. The Morgan fingerprint density at radius 1 is 0.931 bits per heavy atom. The van der Waals surface area contributed by atoms with Gasteiger partial charge in [-0.25, -0.2) is 4.98 Å². The smallest absolute Gasteiger partial charge is 0.147 e. The van der Waals surface area contributed by atoms with E-state index in [4.69, 9.17) is 9.72 Å². The van der Waals surface area contributed by atoms with Gasteiger partial charge in [0.15, 0.2) is 0 Å². The largest absolute Gasteiger partial charge is 0.496 e. The van der Waals surface area contributed by atoms with Crippen LogP contribution >= 0.6 is 0 Å². The Hall–Kier alpha value is -2.66. The normalized spacial score (nSPS) is 19.1. The van der Waals surface area contributed by atoms with Crippen molar-refractivity contribution in [3.8, 4) is 5.75 Å². The van der Waals surface area contributed by atoms with E-state index in [9.17, 15) is 0 Å². The molecule has 2 aliphatic rings. The number of hydrogen-bond acceptors (Lipinski definition) is 5. The van der Waals surface area contributed by atoms with E-state index in [-0.39, 0.29) is 0 Å². The number of hydrogen-bond donors (Lipinski definition) is 0. The van der Waals surface area contributed by atoms with Crippen LogP contribution in [0.25, 0.3) is 11.0 Å². The summed E-state index contributed by atoms with van der Waals surface area (Å²) in [7, 11) is 1.77. The van der Waals surface area contributed by atoms with Gasteiger partial charge in [0.2, 0.25) is 0 Å². The Bertz CT molecular complexity index is 997. The van der Waals surface area contributed by atoms with Crippen LogP contribution in [-0.2, 0) is 6.54 Å². The van der Waals surface area contributed by atoms with Gasteiger partial charge in [0.1, 0.15) is 11.6 Å². The van der Waals surface area contributed by atoms with Crippen molar-refractivity contribution < 1.29 is 4.74 Å². The van der Waals surface area contributed by atoms with E-state index in [1.54, 1.807) is 7.11 Å². The second-order valence-electron chi connectivity index (χ2n) is 8.27. The molecule has 0 unspecified atom stereocenters. The molecule has 2 saturated heterocycles. The van der Waals surface area contributed by atoms with Gasteiger partial charge in [-0.05, 0) is 50.4 Å². The fraction of sp³-hybridized carbons (Fsp3) is 0.417. The van der Waals surface area contributed by atoms with Crippen LogP contribution in [0.4, 0.5) is 5.82 Å². The molecule has 0 bridgehead atoms. The second-order valence-corrected chi connectivity index (χ2v) is 8.27. The quantitative estimate of drug-likeness (QED) is 0.667. The summed E-state index contributed by atoms with van der Waals surface area (Å²) < 4.78 is 5.59. The molecule has 5 rings (SSSR count). The van der Waals surface area contributed by atoms with Crippen LogP contribution in [0, 0.1) is 0 Å². The lowest BCUT2D eigenvalue weighted by Gasteiger charge is -2.45. The van der Waals surface area contributed by atoms with Crippen LogP contribution in [0.2, 0.25) is 0 Å². The number of nitrogens with zero attached hydrogens (tertiary/aromatic N) is 4. The SMILES string of the molecule is COc1ccccc1CN1CCCC12CCN(c1cnc3ccccc3n1)CC2. The van der Waals surface area contributed by atoms with Crippen LogP contribution < -0.4 is 9.64 Å². The van der Waals surface area contributed by atoms with Crippen LogP contribution in [0.15, 0.2) is 54.7 Å². The van der Waals surface area contributed by atoms with E-state index in [0.717, 1.165) is 42.2 Å². The van der Waals surface area contributed by atoms with Crippen LogP contribution in [-0.4, -0.2) is 47.2 Å². The van der Waals surface area contributed by atoms with E-state index in [1.165, 1.54) is 37.8 Å².